The van der Waals surface area contributed by atoms with E-state index >= 15 is 0 Å². The first-order chi connectivity index (χ1) is 5.88. The van der Waals surface area contributed by atoms with Crippen LogP contribution in [0.5, 0.6) is 0 Å². The van der Waals surface area contributed by atoms with Crippen molar-refractivity contribution < 1.29 is 91.0 Å². The number of rotatable bonds is 3. The van der Waals surface area contributed by atoms with Crippen molar-refractivity contribution in [1.29, 1.82) is 0 Å². The molecule has 0 rings (SSSR count). The molecular weight excluding hydrogens is 278 g/mol. The first-order valence-electron chi connectivity index (χ1n) is 2.95. The van der Waals surface area contributed by atoms with E-state index in [2.05, 4.69) is 4.74 Å². The van der Waals surface area contributed by atoms with Crippen LogP contribution in [-0.2, 0) is 14.9 Å². The Kier molecular flexibility index (Phi) is 6.99. The van der Waals surface area contributed by atoms with Crippen LogP contribution in [0.2, 0.25) is 0 Å². The van der Waals surface area contributed by atoms with Gasteiger partial charge in [0, 0.05) is 0 Å². The van der Waals surface area contributed by atoms with Crippen molar-refractivity contribution in [3.63, 3.8) is 0 Å². The first kappa shape index (κ1) is 18.5. The summed E-state index contributed by atoms with van der Waals surface area (Å²) in [6.07, 6.45) is -11.7. The molecule has 4 nitrogen and oxygen atoms in total. The van der Waals surface area contributed by atoms with Gasteiger partial charge in [-0.25, -0.2) is 8.42 Å². The molecule has 0 bridgehead atoms. The molecule has 0 radical (unpaired) electrons. The van der Waals surface area contributed by atoms with Gasteiger partial charge in [-0.1, -0.05) is 0 Å². The number of halogens is 5. The molecule has 1 atom stereocenters. The van der Waals surface area contributed by atoms with E-state index in [4.69, 9.17) is 0 Å². The Morgan fingerprint density at radius 3 is 1.73 bits per heavy atom. The van der Waals surface area contributed by atoms with Gasteiger partial charge in [0.05, 0.1) is 0 Å². The van der Waals surface area contributed by atoms with Gasteiger partial charge in [0.2, 0.25) is 0 Å². The summed E-state index contributed by atoms with van der Waals surface area (Å²) in [7, 11) is -5.35. The van der Waals surface area contributed by atoms with Gasteiger partial charge in [-0.15, -0.1) is 0 Å². The monoisotopic (exact) mass is 282 g/mol. The van der Waals surface area contributed by atoms with Crippen LogP contribution in [-0.4, -0.2) is 30.7 Å². The largest absolute Gasteiger partial charge is 1.00 e. The van der Waals surface area contributed by atoms with Gasteiger partial charge in [0.1, 0.15) is 10.1 Å². The third kappa shape index (κ3) is 5.86. The van der Waals surface area contributed by atoms with E-state index in [0.29, 0.717) is 0 Å². The number of hydrogen-bond donors (Lipinski definition) is 0. The molecule has 0 saturated carbocycles. The van der Waals surface area contributed by atoms with E-state index in [1.807, 2.05) is 0 Å². The second kappa shape index (κ2) is 5.66. The zero-order valence-corrected chi connectivity index (χ0v) is 11.4. The molecule has 0 aromatic heterocycles. The molecule has 15 heavy (non-hydrogen) atoms. The fourth-order valence-electron chi connectivity index (χ4n) is 0.334. The Balaban J connectivity index is 0. The average molecular weight is 282 g/mol. The van der Waals surface area contributed by atoms with E-state index in [9.17, 15) is 34.9 Å². The van der Waals surface area contributed by atoms with Crippen molar-refractivity contribution in [2.75, 3.05) is 0 Å². The fraction of sp³-hybridized carbons (Fsp3) is 1.00. The van der Waals surface area contributed by atoms with Gasteiger partial charge in [0.15, 0.2) is 5.44 Å². The zero-order valence-electron chi connectivity index (χ0n) is 7.51. The van der Waals surface area contributed by atoms with Crippen molar-refractivity contribution in [2.45, 2.75) is 24.6 Å². The summed E-state index contributed by atoms with van der Waals surface area (Å²) in [6.45, 7) is 0.280. The molecule has 0 aliphatic rings. The number of hydrogen-bond acceptors (Lipinski definition) is 4. The van der Waals surface area contributed by atoms with E-state index in [1.54, 1.807) is 0 Å². The second-order valence-corrected chi connectivity index (χ2v) is 3.84. The minimum atomic E-state index is -6.06. The summed E-state index contributed by atoms with van der Waals surface area (Å²) in [5.74, 6) is 0. The van der Waals surface area contributed by atoms with Crippen molar-refractivity contribution in [1.82, 2.24) is 0 Å². The third-order valence-corrected chi connectivity index (χ3v) is 1.96. The van der Waals surface area contributed by atoms with E-state index in [1.165, 1.54) is 0 Å². The van der Waals surface area contributed by atoms with Gasteiger partial charge in [-0.3, -0.25) is 4.74 Å². The summed E-state index contributed by atoms with van der Waals surface area (Å²) in [5, 5.41) is 0. The van der Waals surface area contributed by atoms with Crippen LogP contribution >= 0.6 is 0 Å². The summed E-state index contributed by atoms with van der Waals surface area (Å²) in [6, 6.07) is 0. The van der Waals surface area contributed by atoms with Crippen LogP contribution in [0.25, 0.3) is 0 Å². The van der Waals surface area contributed by atoms with Gasteiger partial charge < -0.3 is 4.55 Å². The van der Waals surface area contributed by atoms with Crippen molar-refractivity contribution in [2.24, 2.45) is 0 Å². The van der Waals surface area contributed by atoms with Crippen LogP contribution in [0.1, 0.15) is 6.92 Å². The summed E-state index contributed by atoms with van der Waals surface area (Å²) in [4.78, 5) is 0. The number of ether oxygens (including phenoxy) is 1. The molecular formula is C4H4F5KO4S. The van der Waals surface area contributed by atoms with Gasteiger partial charge >= 0.3 is 63.7 Å². The predicted molar refractivity (Wildman–Crippen MR) is 31.2 cm³/mol. The minimum Gasteiger partial charge on any atom is -0.746 e. The topological polar surface area (TPSA) is 66.4 Å². The maximum absolute atomic E-state index is 12.0. The Bertz CT molecular complexity index is 299. The van der Waals surface area contributed by atoms with Crippen molar-refractivity contribution >= 4 is 10.1 Å². The summed E-state index contributed by atoms with van der Waals surface area (Å²) >= 11 is 0. The molecule has 86 valence electrons. The van der Waals surface area contributed by atoms with Gasteiger partial charge in [0.25, 0.3) is 0 Å². The molecule has 0 amide bonds. The predicted octanol–water partition coefficient (Wildman–Crippen LogP) is -1.95. The molecule has 0 aromatic carbocycles. The molecule has 11 heteroatoms. The minimum absolute atomic E-state index is 0. The Morgan fingerprint density at radius 1 is 1.20 bits per heavy atom. The molecule has 0 spiro atoms. The zero-order chi connectivity index (χ0) is 11.8. The molecule has 0 heterocycles. The average Bonchev–Trinajstić information content (AvgIpc) is 1.80. The molecule has 1 unspecified atom stereocenters. The quantitative estimate of drug-likeness (QED) is 0.343. The Morgan fingerprint density at radius 2 is 1.53 bits per heavy atom. The third-order valence-electron chi connectivity index (χ3n) is 1.05. The smallest absolute Gasteiger partial charge is 0.746 e. The maximum atomic E-state index is 12.0. The molecule has 0 fully saturated rings. The molecule has 0 aliphatic heterocycles. The fourth-order valence-corrected chi connectivity index (χ4v) is 0.573. The van der Waals surface area contributed by atoms with Crippen molar-refractivity contribution in [3.8, 4) is 0 Å². The van der Waals surface area contributed by atoms with Crippen LogP contribution < -0.4 is 51.4 Å². The molecule has 0 saturated heterocycles. The summed E-state index contributed by atoms with van der Waals surface area (Å²) < 4.78 is 90.8. The number of alkyl halides is 5. The van der Waals surface area contributed by atoms with E-state index in [0.717, 1.165) is 0 Å². The molecule has 0 N–H and O–H groups in total. The van der Waals surface area contributed by atoms with Crippen LogP contribution in [0, 0.1) is 0 Å². The van der Waals surface area contributed by atoms with Crippen molar-refractivity contribution in [3.05, 3.63) is 0 Å². The normalized spacial score (nSPS) is 15.7. The van der Waals surface area contributed by atoms with E-state index < -0.39 is 27.8 Å². The second-order valence-electron chi connectivity index (χ2n) is 2.19. The van der Waals surface area contributed by atoms with Gasteiger partial charge in [-0.05, 0) is 6.92 Å². The molecule has 0 aliphatic carbocycles. The standard InChI is InChI=1S/C4H5F5O4S.K/c1-2(14(10,11)12)13-4(8,9)3(5,6)7;/h2H,1H3,(H,10,11,12);/q;+1/p-1. The van der Waals surface area contributed by atoms with E-state index in [-0.39, 0.29) is 58.3 Å². The van der Waals surface area contributed by atoms with Crippen LogP contribution in [0.3, 0.4) is 0 Å². The van der Waals surface area contributed by atoms with Crippen LogP contribution in [0.15, 0.2) is 0 Å². The maximum Gasteiger partial charge on any atom is 1.00 e. The first-order valence-corrected chi connectivity index (χ1v) is 4.42. The molecule has 0 aromatic rings. The SMILES string of the molecule is CC(OC(F)(F)C(F)(F)F)S(=O)(=O)[O-].[K+]. The Labute approximate surface area is 124 Å². The van der Waals surface area contributed by atoms with Crippen LogP contribution in [0.4, 0.5) is 22.0 Å². The van der Waals surface area contributed by atoms with Gasteiger partial charge in [-0.2, -0.15) is 22.0 Å². The Hall–Kier alpha value is 1.16. The summed E-state index contributed by atoms with van der Waals surface area (Å²) in [5.41, 5.74) is -2.78.